The van der Waals surface area contributed by atoms with Crippen LogP contribution in [0.15, 0.2) is 42.5 Å². The van der Waals surface area contributed by atoms with E-state index in [2.05, 4.69) is 50.0 Å². The number of fused-ring (bicyclic) bond motifs is 1. The summed E-state index contributed by atoms with van der Waals surface area (Å²) in [6, 6.07) is 14.1. The quantitative estimate of drug-likeness (QED) is 0.811. The van der Waals surface area contributed by atoms with Crippen molar-refractivity contribution in [3.8, 4) is 0 Å². The van der Waals surface area contributed by atoms with Crippen molar-refractivity contribution in [2.75, 3.05) is 25.5 Å². The molecule has 1 saturated carbocycles. The van der Waals surface area contributed by atoms with Crippen molar-refractivity contribution < 1.29 is 9.59 Å². The molecule has 4 rings (SSSR count). The van der Waals surface area contributed by atoms with Gasteiger partial charge in [-0.3, -0.25) is 15.0 Å². The monoisotopic (exact) mass is 408 g/mol. The highest BCUT2D eigenvalue weighted by molar-refractivity contribution is 5.92. The lowest BCUT2D eigenvalue weighted by atomic mass is 9.86. The first kappa shape index (κ1) is 20.3. The second kappa shape index (κ2) is 9.21. The first-order chi connectivity index (χ1) is 14.7. The Labute approximate surface area is 176 Å². The van der Waals surface area contributed by atoms with Crippen molar-refractivity contribution in [1.29, 1.82) is 0 Å². The number of rotatable bonds is 4. The van der Waals surface area contributed by atoms with E-state index in [1.807, 2.05) is 11.0 Å². The van der Waals surface area contributed by atoms with Gasteiger partial charge in [-0.1, -0.05) is 43.2 Å². The predicted octanol–water partition coefficient (Wildman–Crippen LogP) is 2.50. The second-order valence-electron chi connectivity index (χ2n) is 7.88. The van der Waals surface area contributed by atoms with Crippen LogP contribution in [0.25, 0.3) is 0 Å². The van der Waals surface area contributed by atoms with E-state index in [0.717, 1.165) is 32.4 Å². The Morgan fingerprint density at radius 1 is 1.00 bits per heavy atom. The standard InChI is InChI=1S/C22H28N6O2/c1-23-21(29)17-11-12-20(26-25-17)24-22(30)28-14-13-27(15-16-7-3-2-4-8-16)18-9-5-6-10-19(18)28/h2-4,7-8,11-12,18-19H,5-6,9-10,13-15H2,1H3,(H,23,29)(H,24,26,30). The molecule has 2 heterocycles. The van der Waals surface area contributed by atoms with Crippen molar-refractivity contribution in [2.45, 2.75) is 44.3 Å². The van der Waals surface area contributed by atoms with Gasteiger partial charge in [0.1, 0.15) is 0 Å². The molecule has 2 aromatic rings. The number of hydrogen-bond donors (Lipinski definition) is 2. The van der Waals surface area contributed by atoms with E-state index in [-0.39, 0.29) is 23.7 Å². The highest BCUT2D eigenvalue weighted by Crippen LogP contribution is 2.31. The van der Waals surface area contributed by atoms with E-state index in [0.29, 0.717) is 18.4 Å². The summed E-state index contributed by atoms with van der Waals surface area (Å²) in [5.74, 6) is 0.0479. The normalized spacial score (nSPS) is 21.6. The van der Waals surface area contributed by atoms with Crippen LogP contribution in [0.3, 0.4) is 0 Å². The summed E-state index contributed by atoms with van der Waals surface area (Å²) in [6.45, 7) is 2.46. The molecule has 158 valence electrons. The third-order valence-electron chi connectivity index (χ3n) is 6.04. The molecule has 1 aromatic heterocycles. The maximum absolute atomic E-state index is 13.0. The van der Waals surface area contributed by atoms with Crippen molar-refractivity contribution in [3.63, 3.8) is 0 Å². The molecule has 2 N–H and O–H groups in total. The summed E-state index contributed by atoms with van der Waals surface area (Å²) in [4.78, 5) is 29.1. The highest BCUT2D eigenvalue weighted by Gasteiger charge is 2.40. The summed E-state index contributed by atoms with van der Waals surface area (Å²) >= 11 is 0. The van der Waals surface area contributed by atoms with Crippen molar-refractivity contribution in [2.24, 2.45) is 0 Å². The Bertz CT molecular complexity index is 873. The fourth-order valence-electron chi connectivity index (χ4n) is 4.54. The first-order valence-electron chi connectivity index (χ1n) is 10.6. The zero-order chi connectivity index (χ0) is 20.9. The van der Waals surface area contributed by atoms with Gasteiger partial charge >= 0.3 is 6.03 Å². The zero-order valence-electron chi connectivity index (χ0n) is 17.3. The minimum absolute atomic E-state index is 0.145. The molecule has 3 amide bonds. The summed E-state index contributed by atoms with van der Waals surface area (Å²) in [5.41, 5.74) is 1.53. The lowest BCUT2D eigenvalue weighted by molar-refractivity contribution is 0.0156. The van der Waals surface area contributed by atoms with E-state index >= 15 is 0 Å². The summed E-state index contributed by atoms with van der Waals surface area (Å²) in [7, 11) is 1.54. The van der Waals surface area contributed by atoms with Crippen LogP contribution in [0.1, 0.15) is 41.7 Å². The summed E-state index contributed by atoms with van der Waals surface area (Å²) < 4.78 is 0. The van der Waals surface area contributed by atoms with Crippen LogP contribution in [0.4, 0.5) is 10.6 Å². The molecule has 2 fully saturated rings. The summed E-state index contributed by atoms with van der Waals surface area (Å²) in [6.07, 6.45) is 4.48. The topological polar surface area (TPSA) is 90.5 Å². The maximum atomic E-state index is 13.0. The first-order valence-corrected chi connectivity index (χ1v) is 10.6. The van der Waals surface area contributed by atoms with Crippen LogP contribution in [-0.2, 0) is 6.54 Å². The van der Waals surface area contributed by atoms with Crippen LogP contribution < -0.4 is 10.6 Å². The van der Waals surface area contributed by atoms with Gasteiger partial charge in [-0.15, -0.1) is 10.2 Å². The SMILES string of the molecule is CNC(=O)c1ccc(NC(=O)N2CCN(Cc3ccccc3)C3CCCCC32)nn1. The Hall–Kier alpha value is -3.00. The lowest BCUT2D eigenvalue weighted by Crippen LogP contribution is -2.62. The molecule has 0 bridgehead atoms. The van der Waals surface area contributed by atoms with Gasteiger partial charge in [0.25, 0.3) is 5.91 Å². The maximum Gasteiger partial charge on any atom is 0.323 e. The molecule has 1 aliphatic carbocycles. The molecular formula is C22H28N6O2. The fourth-order valence-corrected chi connectivity index (χ4v) is 4.54. The van der Waals surface area contributed by atoms with Gasteiger partial charge in [-0.05, 0) is 30.5 Å². The Morgan fingerprint density at radius 3 is 2.47 bits per heavy atom. The third kappa shape index (κ3) is 4.43. The smallest absolute Gasteiger partial charge is 0.323 e. The molecule has 2 atom stereocenters. The number of aromatic nitrogens is 2. The lowest BCUT2D eigenvalue weighted by Gasteiger charge is -2.49. The molecule has 2 unspecified atom stereocenters. The van der Waals surface area contributed by atoms with E-state index < -0.39 is 0 Å². The Balaban J connectivity index is 1.43. The van der Waals surface area contributed by atoms with Gasteiger partial charge < -0.3 is 10.2 Å². The molecular weight excluding hydrogens is 380 g/mol. The van der Waals surface area contributed by atoms with Gasteiger partial charge in [0, 0.05) is 38.8 Å². The van der Waals surface area contributed by atoms with Gasteiger partial charge in [-0.25, -0.2) is 4.79 Å². The van der Waals surface area contributed by atoms with E-state index in [4.69, 9.17) is 0 Å². The number of amides is 3. The number of carbonyl (C=O) groups excluding carboxylic acids is 2. The van der Waals surface area contributed by atoms with Crippen LogP contribution in [-0.4, -0.2) is 64.2 Å². The second-order valence-corrected chi connectivity index (χ2v) is 7.88. The minimum atomic E-state index is -0.306. The number of piperazine rings is 1. The van der Waals surface area contributed by atoms with Gasteiger partial charge in [-0.2, -0.15) is 0 Å². The van der Waals surface area contributed by atoms with Crippen LogP contribution in [0, 0.1) is 0 Å². The van der Waals surface area contributed by atoms with E-state index in [1.54, 1.807) is 12.1 Å². The third-order valence-corrected chi connectivity index (χ3v) is 6.04. The average molecular weight is 409 g/mol. The molecule has 1 saturated heterocycles. The van der Waals surface area contributed by atoms with Gasteiger partial charge in [0.2, 0.25) is 0 Å². The van der Waals surface area contributed by atoms with Crippen molar-refractivity contribution in [3.05, 3.63) is 53.7 Å². The van der Waals surface area contributed by atoms with Crippen LogP contribution in [0.2, 0.25) is 0 Å². The van der Waals surface area contributed by atoms with Crippen LogP contribution in [0.5, 0.6) is 0 Å². The largest absolute Gasteiger partial charge is 0.354 e. The number of nitrogens with one attached hydrogen (secondary N) is 2. The zero-order valence-corrected chi connectivity index (χ0v) is 17.3. The number of nitrogens with zero attached hydrogens (tertiary/aromatic N) is 4. The van der Waals surface area contributed by atoms with Crippen molar-refractivity contribution in [1.82, 2.24) is 25.3 Å². The highest BCUT2D eigenvalue weighted by atomic mass is 16.2. The van der Waals surface area contributed by atoms with E-state index in [9.17, 15) is 9.59 Å². The molecule has 1 aromatic carbocycles. The number of benzene rings is 1. The van der Waals surface area contributed by atoms with Gasteiger partial charge in [0.05, 0.1) is 0 Å². The van der Waals surface area contributed by atoms with E-state index in [1.165, 1.54) is 19.0 Å². The van der Waals surface area contributed by atoms with Gasteiger partial charge in [0.15, 0.2) is 11.5 Å². The molecule has 2 aliphatic rings. The Kier molecular flexibility index (Phi) is 6.23. The minimum Gasteiger partial charge on any atom is -0.354 e. The van der Waals surface area contributed by atoms with Crippen molar-refractivity contribution >= 4 is 17.8 Å². The molecule has 1 aliphatic heterocycles. The molecule has 0 spiro atoms. The number of hydrogen-bond acceptors (Lipinski definition) is 5. The molecule has 8 heteroatoms. The van der Waals surface area contributed by atoms with Crippen LogP contribution >= 0.6 is 0 Å². The number of urea groups is 1. The summed E-state index contributed by atoms with van der Waals surface area (Å²) in [5, 5.41) is 13.2. The number of anilines is 1. The Morgan fingerprint density at radius 2 is 1.77 bits per heavy atom. The molecule has 30 heavy (non-hydrogen) atoms. The fraction of sp³-hybridized carbons (Fsp3) is 0.455. The predicted molar refractivity (Wildman–Crippen MR) is 114 cm³/mol. The average Bonchev–Trinajstić information content (AvgIpc) is 2.80. The molecule has 8 nitrogen and oxygen atoms in total. The number of carbonyl (C=O) groups is 2. The molecule has 0 radical (unpaired) electrons.